The molecule has 0 radical (unpaired) electrons. The zero-order valence-electron chi connectivity index (χ0n) is 5.85. The van der Waals surface area contributed by atoms with Crippen LogP contribution in [0, 0.1) is 0 Å². The lowest BCUT2D eigenvalue weighted by molar-refractivity contribution is -0.114. The van der Waals surface area contributed by atoms with E-state index >= 15 is 0 Å². The zero-order valence-corrected chi connectivity index (χ0v) is 5.85. The molecule has 0 saturated carbocycles. The summed E-state index contributed by atoms with van der Waals surface area (Å²) in [6, 6.07) is 0. The topological polar surface area (TPSA) is 63.3 Å². The molecule has 0 aromatic carbocycles. The van der Waals surface area contributed by atoms with Crippen LogP contribution < -0.4 is 5.73 Å². The first-order valence-corrected chi connectivity index (χ1v) is 2.77. The molecule has 0 aliphatic rings. The summed E-state index contributed by atoms with van der Waals surface area (Å²) in [4.78, 5) is 9.89. The molecule has 3 nitrogen and oxygen atoms in total. The van der Waals surface area contributed by atoms with Gasteiger partial charge in [0, 0.05) is 5.57 Å². The summed E-state index contributed by atoms with van der Waals surface area (Å²) in [5.74, 6) is -0.650. The smallest absolute Gasteiger partial charge is 0.246 e. The van der Waals surface area contributed by atoms with E-state index in [0.29, 0.717) is 0 Å². The van der Waals surface area contributed by atoms with E-state index in [9.17, 15) is 4.79 Å². The number of primary amides is 1. The number of amides is 1. The molecule has 0 bridgehead atoms. The van der Waals surface area contributed by atoms with Crippen LogP contribution in [-0.2, 0) is 4.79 Å². The van der Waals surface area contributed by atoms with Crippen LogP contribution in [0.1, 0.15) is 13.8 Å². The van der Waals surface area contributed by atoms with Gasteiger partial charge in [-0.1, -0.05) is 20.4 Å². The Morgan fingerprint density at radius 2 is 2.00 bits per heavy atom. The summed E-state index contributed by atoms with van der Waals surface area (Å²) in [6.45, 7) is 6.80. The van der Waals surface area contributed by atoms with Crippen LogP contribution >= 0.6 is 0 Å². The minimum Gasteiger partial charge on any atom is -0.391 e. The summed E-state index contributed by atoms with van der Waals surface area (Å²) in [5.41, 5.74) is 4.69. The third-order valence-electron chi connectivity index (χ3n) is 0.539. The SMILES string of the molecule is C=C(CO)C(N)=O.CC. The fourth-order valence-electron chi connectivity index (χ4n) is 0.0779. The molecule has 0 aromatic heterocycles. The third-order valence-corrected chi connectivity index (χ3v) is 0.539. The molecule has 0 spiro atoms. The number of hydrogen-bond acceptors (Lipinski definition) is 2. The second-order valence-corrected chi connectivity index (χ2v) is 1.13. The molecule has 0 heterocycles. The van der Waals surface area contributed by atoms with Crippen molar-refractivity contribution in [1.82, 2.24) is 0 Å². The predicted molar refractivity (Wildman–Crippen MR) is 36.8 cm³/mol. The molecule has 3 heteroatoms. The van der Waals surface area contributed by atoms with E-state index in [-0.39, 0.29) is 12.2 Å². The normalized spacial score (nSPS) is 7.00. The largest absolute Gasteiger partial charge is 0.391 e. The molecule has 9 heavy (non-hydrogen) atoms. The second kappa shape index (κ2) is 7.17. The van der Waals surface area contributed by atoms with Crippen LogP contribution in [0.15, 0.2) is 12.2 Å². The van der Waals surface area contributed by atoms with E-state index in [2.05, 4.69) is 12.3 Å². The predicted octanol–water partition coefficient (Wildman–Crippen LogP) is 0.0464. The fraction of sp³-hybridized carbons (Fsp3) is 0.500. The second-order valence-electron chi connectivity index (χ2n) is 1.13. The van der Waals surface area contributed by atoms with E-state index < -0.39 is 5.91 Å². The summed E-state index contributed by atoms with van der Waals surface area (Å²) in [6.07, 6.45) is 0. The highest BCUT2D eigenvalue weighted by atomic mass is 16.3. The van der Waals surface area contributed by atoms with E-state index in [1.165, 1.54) is 0 Å². The Labute approximate surface area is 55.2 Å². The van der Waals surface area contributed by atoms with Crippen LogP contribution in [0.4, 0.5) is 0 Å². The molecule has 0 saturated heterocycles. The molecular formula is C6H13NO2. The lowest BCUT2D eigenvalue weighted by atomic mass is 10.3. The molecule has 0 aliphatic heterocycles. The van der Waals surface area contributed by atoms with Crippen LogP contribution in [0.5, 0.6) is 0 Å². The van der Waals surface area contributed by atoms with Crippen molar-refractivity contribution in [2.45, 2.75) is 13.8 Å². The molecule has 0 atom stereocenters. The minimum absolute atomic E-state index is 0.0417. The van der Waals surface area contributed by atoms with Crippen molar-refractivity contribution in [2.24, 2.45) is 5.73 Å². The highest BCUT2D eigenvalue weighted by Gasteiger charge is 1.94. The molecule has 3 N–H and O–H groups in total. The lowest BCUT2D eigenvalue weighted by Crippen LogP contribution is -2.14. The van der Waals surface area contributed by atoms with Crippen molar-refractivity contribution >= 4 is 5.91 Å². The minimum atomic E-state index is -0.650. The molecule has 0 fully saturated rings. The van der Waals surface area contributed by atoms with Gasteiger partial charge in [0.2, 0.25) is 5.91 Å². The molecule has 0 unspecified atom stereocenters. The van der Waals surface area contributed by atoms with Gasteiger partial charge >= 0.3 is 0 Å². The summed E-state index contributed by atoms with van der Waals surface area (Å²) >= 11 is 0. The molecule has 0 rings (SSSR count). The first-order valence-electron chi connectivity index (χ1n) is 2.77. The van der Waals surface area contributed by atoms with Gasteiger partial charge in [0.1, 0.15) is 0 Å². The van der Waals surface area contributed by atoms with Crippen molar-refractivity contribution in [2.75, 3.05) is 6.61 Å². The fourth-order valence-corrected chi connectivity index (χ4v) is 0.0779. The quantitative estimate of drug-likeness (QED) is 0.520. The number of rotatable bonds is 2. The summed E-state index contributed by atoms with van der Waals surface area (Å²) in [7, 11) is 0. The third kappa shape index (κ3) is 7.17. The highest BCUT2D eigenvalue weighted by Crippen LogP contribution is 1.80. The zero-order chi connectivity index (χ0) is 7.86. The van der Waals surface area contributed by atoms with Crippen molar-refractivity contribution in [3.05, 3.63) is 12.2 Å². The van der Waals surface area contributed by atoms with Gasteiger partial charge in [0.15, 0.2) is 0 Å². The Morgan fingerprint density at radius 3 is 2.00 bits per heavy atom. The van der Waals surface area contributed by atoms with Crippen LogP contribution in [0.2, 0.25) is 0 Å². The van der Waals surface area contributed by atoms with Gasteiger partial charge in [-0.25, -0.2) is 0 Å². The van der Waals surface area contributed by atoms with E-state index in [4.69, 9.17) is 5.11 Å². The number of hydrogen-bond donors (Lipinski definition) is 2. The number of nitrogens with two attached hydrogens (primary N) is 1. The standard InChI is InChI=1S/C4H7NO2.C2H6/c1-3(2-6)4(5)7;1-2/h6H,1-2H2,(H2,5,7);1-2H3. The Morgan fingerprint density at radius 1 is 1.67 bits per heavy atom. The van der Waals surface area contributed by atoms with Gasteiger partial charge in [-0.15, -0.1) is 0 Å². The molecule has 0 aliphatic carbocycles. The molecule has 0 aromatic rings. The van der Waals surface area contributed by atoms with Crippen molar-refractivity contribution in [3.63, 3.8) is 0 Å². The number of aliphatic hydroxyl groups is 1. The molecular weight excluding hydrogens is 118 g/mol. The van der Waals surface area contributed by atoms with Crippen molar-refractivity contribution < 1.29 is 9.90 Å². The van der Waals surface area contributed by atoms with Gasteiger partial charge < -0.3 is 10.8 Å². The maximum atomic E-state index is 9.89. The first-order chi connectivity index (χ1) is 4.18. The summed E-state index contributed by atoms with van der Waals surface area (Å²) in [5, 5.41) is 8.10. The van der Waals surface area contributed by atoms with Crippen molar-refractivity contribution in [1.29, 1.82) is 0 Å². The monoisotopic (exact) mass is 131 g/mol. The van der Waals surface area contributed by atoms with Gasteiger partial charge in [-0.3, -0.25) is 4.79 Å². The van der Waals surface area contributed by atoms with Gasteiger partial charge in [0.25, 0.3) is 0 Å². The molecule has 1 amide bonds. The van der Waals surface area contributed by atoms with Gasteiger partial charge in [0.05, 0.1) is 6.61 Å². The Bertz CT molecular complexity index is 99.2. The van der Waals surface area contributed by atoms with Gasteiger partial charge in [-0.2, -0.15) is 0 Å². The van der Waals surface area contributed by atoms with Crippen molar-refractivity contribution in [3.8, 4) is 0 Å². The number of carbonyl (C=O) groups excluding carboxylic acids is 1. The molecule has 54 valence electrons. The Balaban J connectivity index is 0. The maximum absolute atomic E-state index is 9.89. The Hall–Kier alpha value is -0.830. The van der Waals surface area contributed by atoms with E-state index in [1.807, 2.05) is 13.8 Å². The van der Waals surface area contributed by atoms with E-state index in [1.54, 1.807) is 0 Å². The average Bonchev–Trinajstić information content (AvgIpc) is 1.91. The lowest BCUT2D eigenvalue weighted by Gasteiger charge is -1.88. The van der Waals surface area contributed by atoms with Crippen LogP contribution in [0.3, 0.4) is 0 Å². The number of carbonyl (C=O) groups is 1. The van der Waals surface area contributed by atoms with E-state index in [0.717, 1.165) is 0 Å². The van der Waals surface area contributed by atoms with Gasteiger partial charge in [-0.05, 0) is 0 Å². The van der Waals surface area contributed by atoms with Crippen LogP contribution in [-0.4, -0.2) is 17.6 Å². The Kier molecular flexibility index (Phi) is 8.79. The van der Waals surface area contributed by atoms with Crippen LogP contribution in [0.25, 0.3) is 0 Å². The summed E-state index contributed by atoms with van der Waals surface area (Å²) < 4.78 is 0. The average molecular weight is 131 g/mol. The first kappa shape index (κ1) is 11.0. The number of aliphatic hydroxyl groups excluding tert-OH is 1. The maximum Gasteiger partial charge on any atom is 0.246 e. The highest BCUT2D eigenvalue weighted by molar-refractivity contribution is 5.91.